The van der Waals surface area contributed by atoms with Gasteiger partial charge in [-0.2, -0.15) is 0 Å². The molecule has 0 aliphatic heterocycles. The second-order valence-electron chi connectivity index (χ2n) is 10.8. The van der Waals surface area contributed by atoms with Crippen molar-refractivity contribution in [3.05, 3.63) is 182 Å². The molecule has 0 radical (unpaired) electrons. The summed E-state index contributed by atoms with van der Waals surface area (Å²) in [5.74, 6) is 0. The minimum absolute atomic E-state index is 0.780. The molecule has 0 aliphatic rings. The molecule has 7 rings (SSSR count). The Hall–Kier alpha value is -5.86. The van der Waals surface area contributed by atoms with E-state index in [0.717, 1.165) is 45.0 Å². The van der Waals surface area contributed by atoms with Crippen LogP contribution < -0.4 is 10.6 Å². The predicted molar refractivity (Wildman–Crippen MR) is 187 cm³/mol. The summed E-state index contributed by atoms with van der Waals surface area (Å²) in [7, 11) is 0. The molecule has 0 fully saturated rings. The fraction of sp³-hybridized carbons (Fsp3) is 0. The summed E-state index contributed by atoms with van der Waals surface area (Å²) < 4.78 is 0. The molecule has 2 heteroatoms. The number of rotatable bonds is 7. The fourth-order valence-corrected chi connectivity index (χ4v) is 5.95. The molecule has 0 spiro atoms. The van der Waals surface area contributed by atoms with Crippen LogP contribution in [0.2, 0.25) is 0 Å². The Morgan fingerprint density at radius 1 is 0.273 bits per heavy atom. The number of nitrogens with two attached hydrogens (primary N) is 1. The number of benzene rings is 7. The predicted octanol–water partition coefficient (Wildman–Crippen LogP) is 11.4. The zero-order valence-corrected chi connectivity index (χ0v) is 24.3. The van der Waals surface area contributed by atoms with E-state index in [-0.39, 0.29) is 0 Å². The third kappa shape index (κ3) is 5.26. The van der Waals surface area contributed by atoms with Gasteiger partial charge in [0.05, 0.1) is 17.1 Å². The Kier molecular flexibility index (Phi) is 7.47. The molecule has 44 heavy (non-hydrogen) atoms. The molecular weight excluding hydrogens is 532 g/mol. The third-order valence-electron chi connectivity index (χ3n) is 8.07. The fourth-order valence-electron chi connectivity index (χ4n) is 5.95. The lowest BCUT2D eigenvalue weighted by molar-refractivity contribution is 1.28. The first-order chi connectivity index (χ1) is 21.8. The van der Waals surface area contributed by atoms with Crippen LogP contribution in [0.1, 0.15) is 0 Å². The highest BCUT2D eigenvalue weighted by Crippen LogP contribution is 2.47. The second kappa shape index (κ2) is 12.2. The number of anilines is 4. The first-order valence-electron chi connectivity index (χ1n) is 14.9. The van der Waals surface area contributed by atoms with Crippen LogP contribution in [-0.2, 0) is 0 Å². The molecular formula is C42H32N2. The number of hydrogen-bond acceptors (Lipinski definition) is 2. The summed E-state index contributed by atoms with van der Waals surface area (Å²) in [5, 5.41) is 0. The van der Waals surface area contributed by atoms with Gasteiger partial charge in [-0.25, -0.2) is 0 Å². The number of nitrogen functional groups attached to an aromatic ring is 1. The molecule has 0 unspecified atom stereocenters. The molecule has 0 atom stereocenters. The lowest BCUT2D eigenvalue weighted by atomic mass is 9.95. The van der Waals surface area contributed by atoms with Gasteiger partial charge in [-0.15, -0.1) is 0 Å². The lowest BCUT2D eigenvalue weighted by Crippen LogP contribution is -2.13. The Labute approximate surface area is 259 Å². The van der Waals surface area contributed by atoms with Gasteiger partial charge in [-0.3, -0.25) is 0 Å². The molecule has 0 aliphatic carbocycles. The van der Waals surface area contributed by atoms with Crippen LogP contribution in [0.3, 0.4) is 0 Å². The van der Waals surface area contributed by atoms with Crippen molar-refractivity contribution < 1.29 is 0 Å². The summed E-state index contributed by atoms with van der Waals surface area (Å²) in [4.78, 5) is 2.42. The van der Waals surface area contributed by atoms with Gasteiger partial charge in [0.1, 0.15) is 0 Å². The molecule has 0 heterocycles. The minimum atomic E-state index is 0.780. The average molecular weight is 565 g/mol. The average Bonchev–Trinajstić information content (AvgIpc) is 3.10. The van der Waals surface area contributed by atoms with Crippen LogP contribution in [0.4, 0.5) is 22.7 Å². The van der Waals surface area contributed by atoms with Gasteiger partial charge >= 0.3 is 0 Å². The van der Waals surface area contributed by atoms with Crippen molar-refractivity contribution in [1.82, 2.24) is 0 Å². The molecule has 7 aromatic carbocycles. The van der Waals surface area contributed by atoms with Gasteiger partial charge in [0, 0.05) is 27.9 Å². The lowest BCUT2D eigenvalue weighted by Gasteiger charge is -2.31. The first-order valence-corrected chi connectivity index (χ1v) is 14.9. The second-order valence-corrected chi connectivity index (χ2v) is 10.8. The van der Waals surface area contributed by atoms with Crippen LogP contribution in [0, 0.1) is 0 Å². The topological polar surface area (TPSA) is 29.3 Å². The van der Waals surface area contributed by atoms with E-state index in [1.165, 1.54) is 22.3 Å². The van der Waals surface area contributed by atoms with Gasteiger partial charge in [-0.05, 0) is 46.5 Å². The van der Waals surface area contributed by atoms with E-state index in [4.69, 9.17) is 5.73 Å². The highest BCUT2D eigenvalue weighted by atomic mass is 15.1. The van der Waals surface area contributed by atoms with Crippen LogP contribution in [-0.4, -0.2) is 0 Å². The Morgan fingerprint density at radius 3 is 0.977 bits per heavy atom. The van der Waals surface area contributed by atoms with E-state index in [2.05, 4.69) is 169 Å². The van der Waals surface area contributed by atoms with E-state index in [9.17, 15) is 0 Å². The molecule has 0 aromatic heterocycles. The zero-order chi connectivity index (χ0) is 29.7. The zero-order valence-electron chi connectivity index (χ0n) is 24.3. The maximum atomic E-state index is 6.31. The van der Waals surface area contributed by atoms with E-state index >= 15 is 0 Å². The summed E-state index contributed by atoms with van der Waals surface area (Å²) in [5.41, 5.74) is 19.5. The van der Waals surface area contributed by atoms with Crippen LogP contribution >= 0.6 is 0 Å². The number of para-hydroxylation sites is 4. The Morgan fingerprint density at radius 2 is 0.568 bits per heavy atom. The smallest absolute Gasteiger partial charge is 0.0540 e. The van der Waals surface area contributed by atoms with Crippen molar-refractivity contribution in [2.75, 3.05) is 10.6 Å². The van der Waals surface area contributed by atoms with Gasteiger partial charge in [0.25, 0.3) is 0 Å². The Balaban J connectivity index is 1.45. The summed E-state index contributed by atoms with van der Waals surface area (Å²) in [6.07, 6.45) is 0. The highest BCUT2D eigenvalue weighted by Gasteiger charge is 2.22. The molecule has 0 bridgehead atoms. The van der Waals surface area contributed by atoms with E-state index < -0.39 is 0 Å². The van der Waals surface area contributed by atoms with E-state index in [1.54, 1.807) is 0 Å². The van der Waals surface area contributed by atoms with Gasteiger partial charge in [0.15, 0.2) is 0 Å². The molecule has 210 valence electrons. The van der Waals surface area contributed by atoms with Crippen LogP contribution in [0.25, 0.3) is 44.5 Å². The standard InChI is InChI=1S/C42H32N2/c43-39-23-11-7-19-35(39)33-27-29-34(30-28-33)38-22-10-14-26-42(38)44(40-24-12-8-20-36(40)31-15-3-1-4-16-31)41-25-13-9-21-37(41)32-17-5-2-6-18-32/h1-30H,43H2. The van der Waals surface area contributed by atoms with Crippen molar-refractivity contribution in [1.29, 1.82) is 0 Å². The molecule has 2 N–H and O–H groups in total. The summed E-state index contributed by atoms with van der Waals surface area (Å²) in [6, 6.07) is 64.0. The first kappa shape index (κ1) is 27.0. The number of nitrogens with zero attached hydrogens (tertiary/aromatic N) is 1. The molecule has 7 aromatic rings. The Bertz CT molecular complexity index is 1930. The quantitative estimate of drug-likeness (QED) is 0.195. The van der Waals surface area contributed by atoms with Crippen molar-refractivity contribution in [2.24, 2.45) is 0 Å². The van der Waals surface area contributed by atoms with Gasteiger partial charge < -0.3 is 10.6 Å². The van der Waals surface area contributed by atoms with Gasteiger partial charge in [0.2, 0.25) is 0 Å². The van der Waals surface area contributed by atoms with Crippen molar-refractivity contribution in [3.63, 3.8) is 0 Å². The molecule has 0 amide bonds. The van der Waals surface area contributed by atoms with Gasteiger partial charge in [-0.1, -0.05) is 158 Å². The van der Waals surface area contributed by atoms with Crippen molar-refractivity contribution in [3.8, 4) is 44.5 Å². The van der Waals surface area contributed by atoms with Crippen molar-refractivity contribution in [2.45, 2.75) is 0 Å². The van der Waals surface area contributed by atoms with E-state index in [1.807, 2.05) is 18.2 Å². The summed E-state index contributed by atoms with van der Waals surface area (Å²) >= 11 is 0. The summed E-state index contributed by atoms with van der Waals surface area (Å²) in [6.45, 7) is 0. The van der Waals surface area contributed by atoms with Crippen LogP contribution in [0.15, 0.2) is 182 Å². The van der Waals surface area contributed by atoms with Crippen molar-refractivity contribution >= 4 is 22.7 Å². The number of hydrogen-bond donors (Lipinski definition) is 1. The minimum Gasteiger partial charge on any atom is -0.398 e. The normalized spacial score (nSPS) is 10.8. The molecule has 0 saturated heterocycles. The SMILES string of the molecule is Nc1ccccc1-c1ccc(-c2ccccc2N(c2ccccc2-c2ccccc2)c2ccccc2-c2ccccc2)cc1. The van der Waals surface area contributed by atoms with E-state index in [0.29, 0.717) is 0 Å². The highest BCUT2D eigenvalue weighted by molar-refractivity contribution is 5.97. The maximum absolute atomic E-state index is 6.31. The third-order valence-corrected chi connectivity index (χ3v) is 8.07. The maximum Gasteiger partial charge on any atom is 0.0540 e. The van der Waals surface area contributed by atoms with Crippen LogP contribution in [0.5, 0.6) is 0 Å². The monoisotopic (exact) mass is 564 g/mol. The molecule has 0 saturated carbocycles. The molecule has 2 nitrogen and oxygen atoms in total. The largest absolute Gasteiger partial charge is 0.398 e.